The van der Waals surface area contributed by atoms with Crippen molar-refractivity contribution in [1.82, 2.24) is 15.1 Å². The molecule has 3 rings (SSSR count). The topological polar surface area (TPSA) is 79.0 Å². The van der Waals surface area contributed by atoms with Crippen molar-refractivity contribution >= 4 is 17.9 Å². The molecule has 1 atom stereocenters. The van der Waals surface area contributed by atoms with E-state index in [4.69, 9.17) is 0 Å². The Labute approximate surface area is 153 Å². The lowest BCUT2D eigenvalue weighted by atomic mass is 9.85. The minimum atomic E-state index is -0.490. The van der Waals surface area contributed by atoms with Crippen LogP contribution in [0.1, 0.15) is 18.4 Å². The number of hydrogen-bond acceptors (Lipinski definition) is 4. The fourth-order valence-corrected chi connectivity index (χ4v) is 3.77. The summed E-state index contributed by atoms with van der Waals surface area (Å²) in [6, 6.07) is 9.81. The van der Waals surface area contributed by atoms with Gasteiger partial charge in [-0.3, -0.25) is 9.59 Å². The second-order valence-electron chi connectivity index (χ2n) is 6.96. The molecule has 26 heavy (non-hydrogen) atoms. The van der Waals surface area contributed by atoms with Crippen molar-refractivity contribution in [2.24, 2.45) is 5.41 Å². The van der Waals surface area contributed by atoms with Crippen molar-refractivity contribution < 1.29 is 19.1 Å². The summed E-state index contributed by atoms with van der Waals surface area (Å²) in [7, 11) is 1.28. The summed E-state index contributed by atoms with van der Waals surface area (Å²) in [5.74, 6) is -0.340. The molecule has 3 amide bonds. The molecule has 1 spiro atoms. The standard InChI is InChI=1S/C19H25N3O4/c1-26-16(23)13-20-18(25)22-12-9-19(14-22)8-11-21(17(19)24)10-7-15-5-3-2-4-6-15/h2-6H,7-14H2,1H3,(H,20,25). The average molecular weight is 359 g/mol. The predicted octanol–water partition coefficient (Wildman–Crippen LogP) is 1.04. The predicted molar refractivity (Wildman–Crippen MR) is 95.4 cm³/mol. The summed E-state index contributed by atoms with van der Waals surface area (Å²) >= 11 is 0. The van der Waals surface area contributed by atoms with Gasteiger partial charge in [0.15, 0.2) is 0 Å². The Kier molecular flexibility index (Phi) is 5.44. The number of amides is 3. The number of nitrogens with one attached hydrogen (secondary N) is 1. The molecule has 140 valence electrons. The van der Waals surface area contributed by atoms with Gasteiger partial charge in [0.05, 0.1) is 12.5 Å². The number of carbonyl (C=O) groups is 3. The minimum absolute atomic E-state index is 0.150. The highest BCUT2D eigenvalue weighted by Crippen LogP contribution is 2.40. The van der Waals surface area contributed by atoms with Crippen molar-refractivity contribution in [3.8, 4) is 0 Å². The van der Waals surface area contributed by atoms with E-state index in [0.717, 1.165) is 19.4 Å². The third-order valence-electron chi connectivity index (χ3n) is 5.37. The maximum absolute atomic E-state index is 12.9. The van der Waals surface area contributed by atoms with Crippen LogP contribution in [0.5, 0.6) is 0 Å². The molecule has 0 aromatic heterocycles. The van der Waals surface area contributed by atoms with E-state index in [0.29, 0.717) is 26.1 Å². The van der Waals surface area contributed by atoms with Gasteiger partial charge in [-0.25, -0.2) is 4.79 Å². The van der Waals surface area contributed by atoms with E-state index < -0.39 is 11.4 Å². The normalized spacial score (nSPS) is 22.1. The molecule has 2 fully saturated rings. The van der Waals surface area contributed by atoms with Gasteiger partial charge in [0.25, 0.3) is 0 Å². The molecule has 1 aromatic rings. The molecule has 2 aliphatic heterocycles. The van der Waals surface area contributed by atoms with Crippen molar-refractivity contribution in [2.75, 3.05) is 39.8 Å². The molecular weight excluding hydrogens is 334 g/mol. The number of hydrogen-bond donors (Lipinski definition) is 1. The van der Waals surface area contributed by atoms with E-state index in [2.05, 4.69) is 22.2 Å². The first-order valence-electron chi connectivity index (χ1n) is 8.97. The van der Waals surface area contributed by atoms with Gasteiger partial charge in [-0.2, -0.15) is 0 Å². The maximum Gasteiger partial charge on any atom is 0.325 e. The molecule has 7 nitrogen and oxygen atoms in total. The molecule has 2 saturated heterocycles. The molecule has 0 saturated carbocycles. The summed E-state index contributed by atoms with van der Waals surface area (Å²) in [6.45, 7) is 2.24. The number of benzene rings is 1. The lowest BCUT2D eigenvalue weighted by Gasteiger charge is -2.23. The molecule has 2 aliphatic rings. The first-order valence-corrected chi connectivity index (χ1v) is 8.97. The van der Waals surface area contributed by atoms with E-state index in [1.54, 1.807) is 4.90 Å². The third kappa shape index (κ3) is 3.81. The van der Waals surface area contributed by atoms with Crippen LogP contribution in [-0.4, -0.2) is 67.5 Å². The van der Waals surface area contributed by atoms with E-state index in [1.165, 1.54) is 12.7 Å². The van der Waals surface area contributed by atoms with Crippen LogP contribution >= 0.6 is 0 Å². The molecule has 0 bridgehead atoms. The number of rotatable bonds is 5. The van der Waals surface area contributed by atoms with Gasteiger partial charge in [-0.05, 0) is 24.8 Å². The van der Waals surface area contributed by atoms with Crippen molar-refractivity contribution in [1.29, 1.82) is 0 Å². The molecule has 1 N–H and O–H groups in total. The number of ether oxygens (including phenoxy) is 1. The van der Waals surface area contributed by atoms with Crippen LogP contribution in [0.3, 0.4) is 0 Å². The summed E-state index contributed by atoms with van der Waals surface area (Å²) in [5, 5.41) is 2.54. The minimum Gasteiger partial charge on any atom is -0.468 e. The summed E-state index contributed by atoms with van der Waals surface area (Å²) in [6.07, 6.45) is 2.30. The number of carbonyl (C=O) groups excluding carboxylic acids is 3. The molecule has 1 aromatic carbocycles. The van der Waals surface area contributed by atoms with Gasteiger partial charge in [0, 0.05) is 26.2 Å². The Hall–Kier alpha value is -2.57. The molecule has 0 aliphatic carbocycles. The van der Waals surface area contributed by atoms with Crippen LogP contribution in [0.25, 0.3) is 0 Å². The summed E-state index contributed by atoms with van der Waals surface area (Å²) in [5.41, 5.74) is 0.760. The number of nitrogens with zero attached hydrogens (tertiary/aromatic N) is 2. The Morgan fingerprint density at radius 1 is 1.19 bits per heavy atom. The number of likely N-dealkylation sites (tertiary alicyclic amines) is 2. The quantitative estimate of drug-likeness (QED) is 0.797. The zero-order valence-electron chi connectivity index (χ0n) is 15.1. The van der Waals surface area contributed by atoms with E-state index >= 15 is 0 Å². The van der Waals surface area contributed by atoms with Gasteiger partial charge in [-0.1, -0.05) is 30.3 Å². The summed E-state index contributed by atoms with van der Waals surface area (Å²) in [4.78, 5) is 39.8. The highest BCUT2D eigenvalue weighted by molar-refractivity contribution is 5.87. The fraction of sp³-hybridized carbons (Fsp3) is 0.526. The Morgan fingerprint density at radius 3 is 2.65 bits per heavy atom. The van der Waals surface area contributed by atoms with Crippen molar-refractivity contribution in [3.05, 3.63) is 35.9 Å². The maximum atomic E-state index is 12.9. The number of esters is 1. The Balaban J connectivity index is 1.52. The third-order valence-corrected chi connectivity index (χ3v) is 5.37. The van der Waals surface area contributed by atoms with Crippen LogP contribution in [0, 0.1) is 5.41 Å². The van der Waals surface area contributed by atoms with Gasteiger partial charge >= 0.3 is 12.0 Å². The van der Waals surface area contributed by atoms with Crippen molar-refractivity contribution in [2.45, 2.75) is 19.3 Å². The first kappa shape index (κ1) is 18.2. The monoisotopic (exact) mass is 359 g/mol. The first-order chi connectivity index (χ1) is 12.5. The molecule has 7 heteroatoms. The van der Waals surface area contributed by atoms with Crippen LogP contribution in [0.4, 0.5) is 4.79 Å². The van der Waals surface area contributed by atoms with Gasteiger partial charge in [0.1, 0.15) is 6.54 Å². The number of methoxy groups -OCH3 is 1. The lowest BCUT2D eigenvalue weighted by molar-refractivity contribution is -0.139. The fourth-order valence-electron chi connectivity index (χ4n) is 3.77. The second kappa shape index (κ2) is 7.76. The van der Waals surface area contributed by atoms with Crippen molar-refractivity contribution in [3.63, 3.8) is 0 Å². The van der Waals surface area contributed by atoms with E-state index in [9.17, 15) is 14.4 Å². The average Bonchev–Trinajstić information content (AvgIpc) is 3.24. The largest absolute Gasteiger partial charge is 0.468 e. The zero-order chi connectivity index (χ0) is 18.6. The molecule has 2 heterocycles. The molecule has 0 radical (unpaired) electrons. The van der Waals surface area contributed by atoms with Gasteiger partial charge in [-0.15, -0.1) is 0 Å². The highest BCUT2D eigenvalue weighted by atomic mass is 16.5. The SMILES string of the molecule is COC(=O)CNC(=O)N1CCC2(CCN(CCc3ccccc3)C2=O)C1. The lowest BCUT2D eigenvalue weighted by Crippen LogP contribution is -2.43. The van der Waals surface area contributed by atoms with E-state index in [1.807, 2.05) is 23.1 Å². The molecule has 1 unspecified atom stereocenters. The van der Waals surface area contributed by atoms with Crippen LogP contribution in [0.15, 0.2) is 30.3 Å². The highest BCUT2D eigenvalue weighted by Gasteiger charge is 2.51. The van der Waals surface area contributed by atoms with Crippen LogP contribution < -0.4 is 5.32 Å². The van der Waals surface area contributed by atoms with Gasteiger partial charge < -0.3 is 19.9 Å². The number of urea groups is 1. The summed E-state index contributed by atoms with van der Waals surface area (Å²) < 4.78 is 4.52. The van der Waals surface area contributed by atoms with Crippen LogP contribution in [0.2, 0.25) is 0 Å². The van der Waals surface area contributed by atoms with Gasteiger partial charge in [0.2, 0.25) is 5.91 Å². The van der Waals surface area contributed by atoms with E-state index in [-0.39, 0.29) is 18.5 Å². The Morgan fingerprint density at radius 2 is 1.92 bits per heavy atom. The zero-order valence-corrected chi connectivity index (χ0v) is 15.1. The second-order valence-corrected chi connectivity index (χ2v) is 6.96. The smallest absolute Gasteiger partial charge is 0.325 e. The van der Waals surface area contributed by atoms with Crippen LogP contribution in [-0.2, 0) is 20.7 Å². The Bertz CT molecular complexity index is 679. The molecular formula is C19H25N3O4.